The van der Waals surface area contributed by atoms with Gasteiger partial charge in [-0.05, 0) is 18.2 Å². The zero-order valence-corrected chi connectivity index (χ0v) is 11.9. The van der Waals surface area contributed by atoms with Gasteiger partial charge in [0.05, 0.1) is 18.4 Å². The van der Waals surface area contributed by atoms with Crippen molar-refractivity contribution in [2.45, 2.75) is 6.10 Å². The molecule has 20 heavy (non-hydrogen) atoms. The second kappa shape index (κ2) is 6.07. The summed E-state index contributed by atoms with van der Waals surface area (Å²) in [6.07, 6.45) is 4.13. The molecule has 2 N–H and O–H groups in total. The van der Waals surface area contributed by atoms with Gasteiger partial charge in [0.25, 0.3) is 0 Å². The van der Waals surface area contributed by atoms with Crippen molar-refractivity contribution in [2.75, 3.05) is 30.3 Å². The number of anilines is 2. The molecular formula is C15H17N3OS. The number of ether oxygens (including phenoxy) is 1. The van der Waals surface area contributed by atoms with E-state index in [1.54, 1.807) is 0 Å². The standard InChI is InChI=1S/C15H17N3OS/c16-15-17-12(11-20-15)6-7-14-10-18(8-9-19-14)13-4-2-1-3-5-13/h1-7,11,14H,8-10H2,(H2,16,17). The van der Waals surface area contributed by atoms with Crippen molar-refractivity contribution >= 4 is 28.2 Å². The molecule has 2 aromatic rings. The molecule has 5 heteroatoms. The molecular weight excluding hydrogens is 270 g/mol. The highest BCUT2D eigenvalue weighted by Crippen LogP contribution is 2.18. The fourth-order valence-corrected chi connectivity index (χ4v) is 2.78. The maximum Gasteiger partial charge on any atom is 0.180 e. The number of benzene rings is 1. The van der Waals surface area contributed by atoms with Crippen LogP contribution in [0.2, 0.25) is 0 Å². The number of nitrogens with zero attached hydrogens (tertiary/aromatic N) is 2. The van der Waals surface area contributed by atoms with Crippen molar-refractivity contribution in [2.24, 2.45) is 0 Å². The van der Waals surface area contributed by atoms with Crippen LogP contribution in [0.4, 0.5) is 10.8 Å². The molecule has 1 fully saturated rings. The van der Waals surface area contributed by atoms with E-state index in [1.165, 1.54) is 17.0 Å². The van der Waals surface area contributed by atoms with E-state index < -0.39 is 0 Å². The fraction of sp³-hybridized carbons (Fsp3) is 0.267. The van der Waals surface area contributed by atoms with E-state index in [2.05, 4.69) is 40.2 Å². The predicted molar refractivity (Wildman–Crippen MR) is 84.0 cm³/mol. The third-order valence-electron chi connectivity index (χ3n) is 3.24. The van der Waals surface area contributed by atoms with E-state index in [9.17, 15) is 0 Å². The highest BCUT2D eigenvalue weighted by molar-refractivity contribution is 7.13. The minimum absolute atomic E-state index is 0.0897. The third kappa shape index (κ3) is 3.18. The first-order chi connectivity index (χ1) is 9.81. The summed E-state index contributed by atoms with van der Waals surface area (Å²) in [6, 6.07) is 10.4. The quantitative estimate of drug-likeness (QED) is 0.943. The zero-order valence-electron chi connectivity index (χ0n) is 11.1. The van der Waals surface area contributed by atoms with Crippen molar-refractivity contribution in [1.82, 2.24) is 4.98 Å². The largest absolute Gasteiger partial charge is 0.375 e. The number of aromatic nitrogens is 1. The number of thiazole rings is 1. The highest BCUT2D eigenvalue weighted by atomic mass is 32.1. The van der Waals surface area contributed by atoms with Crippen molar-refractivity contribution in [1.29, 1.82) is 0 Å². The van der Waals surface area contributed by atoms with Gasteiger partial charge in [0.1, 0.15) is 0 Å². The summed E-state index contributed by atoms with van der Waals surface area (Å²) in [5.74, 6) is 0. The maximum absolute atomic E-state index is 5.77. The molecule has 0 bridgehead atoms. The number of hydrogen-bond acceptors (Lipinski definition) is 5. The number of rotatable bonds is 3. The van der Waals surface area contributed by atoms with Crippen LogP contribution in [0.1, 0.15) is 5.69 Å². The third-order valence-corrected chi connectivity index (χ3v) is 3.93. The van der Waals surface area contributed by atoms with Crippen LogP contribution in [-0.2, 0) is 4.74 Å². The number of hydrogen-bond donors (Lipinski definition) is 1. The lowest BCUT2D eigenvalue weighted by Gasteiger charge is -2.33. The molecule has 1 aromatic heterocycles. The lowest BCUT2D eigenvalue weighted by atomic mass is 10.2. The Kier molecular flexibility index (Phi) is 3.99. The first-order valence-corrected chi connectivity index (χ1v) is 7.50. The number of morpholine rings is 1. The smallest absolute Gasteiger partial charge is 0.180 e. The van der Waals surface area contributed by atoms with E-state index in [1.807, 2.05) is 17.5 Å². The molecule has 1 saturated heterocycles. The van der Waals surface area contributed by atoms with Crippen molar-refractivity contribution < 1.29 is 4.74 Å². The Morgan fingerprint density at radius 3 is 2.95 bits per heavy atom. The zero-order chi connectivity index (χ0) is 13.8. The SMILES string of the molecule is Nc1nc(C=CC2CN(c3ccccc3)CCO2)cs1. The Hall–Kier alpha value is -1.85. The van der Waals surface area contributed by atoms with E-state index in [0.29, 0.717) is 5.13 Å². The molecule has 1 aromatic carbocycles. The van der Waals surface area contributed by atoms with Crippen molar-refractivity contribution in [3.63, 3.8) is 0 Å². The molecule has 1 unspecified atom stereocenters. The summed E-state index contributed by atoms with van der Waals surface area (Å²) >= 11 is 1.45. The summed E-state index contributed by atoms with van der Waals surface area (Å²) in [6.45, 7) is 2.53. The monoisotopic (exact) mass is 287 g/mol. The summed E-state index contributed by atoms with van der Waals surface area (Å²) in [4.78, 5) is 6.55. The van der Waals surface area contributed by atoms with Gasteiger partial charge in [-0.3, -0.25) is 0 Å². The van der Waals surface area contributed by atoms with Crippen LogP contribution in [0.25, 0.3) is 6.08 Å². The van der Waals surface area contributed by atoms with E-state index >= 15 is 0 Å². The summed E-state index contributed by atoms with van der Waals surface area (Å²) in [7, 11) is 0. The van der Waals surface area contributed by atoms with Crippen LogP contribution < -0.4 is 10.6 Å². The molecule has 3 rings (SSSR count). The van der Waals surface area contributed by atoms with Crippen LogP contribution in [-0.4, -0.2) is 30.8 Å². The van der Waals surface area contributed by atoms with Gasteiger partial charge in [0, 0.05) is 24.2 Å². The molecule has 2 heterocycles. The number of nitrogens with two attached hydrogens (primary N) is 1. The summed E-state index contributed by atoms with van der Waals surface area (Å²) < 4.78 is 5.77. The van der Waals surface area contributed by atoms with Crippen LogP contribution in [0.3, 0.4) is 0 Å². The minimum Gasteiger partial charge on any atom is -0.375 e. The topological polar surface area (TPSA) is 51.4 Å². The second-order valence-electron chi connectivity index (χ2n) is 4.66. The molecule has 1 aliphatic rings. The van der Waals surface area contributed by atoms with Gasteiger partial charge in [-0.25, -0.2) is 4.98 Å². The summed E-state index contributed by atoms with van der Waals surface area (Å²) in [5, 5.41) is 2.55. The molecule has 104 valence electrons. The van der Waals surface area contributed by atoms with Gasteiger partial charge in [0.2, 0.25) is 0 Å². The molecule has 0 amide bonds. The Morgan fingerprint density at radius 2 is 2.20 bits per heavy atom. The Balaban J connectivity index is 1.65. The molecule has 0 saturated carbocycles. The normalized spacial score (nSPS) is 19.6. The van der Waals surface area contributed by atoms with Crippen molar-refractivity contribution in [3.05, 3.63) is 47.5 Å². The van der Waals surface area contributed by atoms with Gasteiger partial charge in [-0.2, -0.15) is 0 Å². The second-order valence-corrected chi connectivity index (χ2v) is 5.55. The maximum atomic E-state index is 5.77. The van der Waals surface area contributed by atoms with Gasteiger partial charge in [-0.1, -0.05) is 24.3 Å². The van der Waals surface area contributed by atoms with Gasteiger partial charge >= 0.3 is 0 Å². The van der Waals surface area contributed by atoms with E-state index in [-0.39, 0.29) is 6.10 Å². The summed E-state index contributed by atoms with van der Waals surface area (Å²) in [5.41, 5.74) is 7.76. The van der Waals surface area contributed by atoms with E-state index in [0.717, 1.165) is 25.4 Å². The average molecular weight is 287 g/mol. The number of para-hydroxylation sites is 1. The highest BCUT2D eigenvalue weighted by Gasteiger charge is 2.18. The van der Waals surface area contributed by atoms with Gasteiger partial charge in [-0.15, -0.1) is 11.3 Å². The molecule has 1 aliphatic heterocycles. The Morgan fingerprint density at radius 1 is 1.35 bits per heavy atom. The van der Waals surface area contributed by atoms with Crippen LogP contribution in [0.5, 0.6) is 0 Å². The molecule has 0 radical (unpaired) electrons. The van der Waals surface area contributed by atoms with E-state index in [4.69, 9.17) is 10.5 Å². The lowest BCUT2D eigenvalue weighted by Crippen LogP contribution is -2.41. The molecule has 0 spiro atoms. The Labute approximate surface area is 122 Å². The van der Waals surface area contributed by atoms with Crippen LogP contribution in [0.15, 0.2) is 41.8 Å². The predicted octanol–water partition coefficient (Wildman–Crippen LogP) is 2.64. The van der Waals surface area contributed by atoms with Crippen LogP contribution in [0, 0.1) is 0 Å². The number of nitrogen functional groups attached to an aromatic ring is 1. The van der Waals surface area contributed by atoms with Gasteiger partial charge < -0.3 is 15.4 Å². The van der Waals surface area contributed by atoms with Crippen LogP contribution >= 0.6 is 11.3 Å². The Bertz CT molecular complexity index is 582. The van der Waals surface area contributed by atoms with Crippen molar-refractivity contribution in [3.8, 4) is 0 Å². The molecule has 0 aliphatic carbocycles. The average Bonchev–Trinajstić information content (AvgIpc) is 2.92. The first kappa shape index (κ1) is 13.1. The lowest BCUT2D eigenvalue weighted by molar-refractivity contribution is 0.0722. The molecule has 1 atom stereocenters. The van der Waals surface area contributed by atoms with Gasteiger partial charge in [0.15, 0.2) is 5.13 Å². The minimum atomic E-state index is 0.0897. The molecule has 4 nitrogen and oxygen atoms in total. The fourth-order valence-electron chi connectivity index (χ4n) is 2.25. The first-order valence-electron chi connectivity index (χ1n) is 6.62.